The van der Waals surface area contributed by atoms with Crippen molar-refractivity contribution in [3.05, 3.63) is 47.8 Å². The molecule has 0 aliphatic carbocycles. The predicted molar refractivity (Wildman–Crippen MR) is 70.4 cm³/mol. The van der Waals surface area contributed by atoms with E-state index in [0.717, 1.165) is 11.3 Å². The van der Waals surface area contributed by atoms with Gasteiger partial charge in [0.25, 0.3) is 5.91 Å². The van der Waals surface area contributed by atoms with Crippen molar-refractivity contribution in [2.24, 2.45) is 7.05 Å². The van der Waals surface area contributed by atoms with Gasteiger partial charge in [0.15, 0.2) is 0 Å². The van der Waals surface area contributed by atoms with Crippen LogP contribution in [-0.2, 0) is 13.6 Å². The molecule has 0 atom stereocenters. The van der Waals surface area contributed by atoms with Gasteiger partial charge in [0.1, 0.15) is 5.69 Å². The van der Waals surface area contributed by atoms with Crippen molar-refractivity contribution in [3.63, 3.8) is 0 Å². The lowest BCUT2D eigenvalue weighted by Gasteiger charge is -2.10. The Bertz CT molecular complexity index is 547. The van der Waals surface area contributed by atoms with Crippen LogP contribution in [0.15, 0.2) is 36.5 Å². The van der Waals surface area contributed by atoms with Crippen molar-refractivity contribution in [1.82, 2.24) is 15.1 Å². The number of aromatic nitrogens is 2. The highest BCUT2D eigenvalue weighted by Crippen LogP contribution is 2.15. The fourth-order valence-electron chi connectivity index (χ4n) is 1.77. The molecular weight excluding hydrogens is 228 g/mol. The normalized spacial score (nSPS) is 10.3. The molecule has 1 amide bonds. The number of nitrogens with one attached hydrogen (secondary N) is 2. The third-order valence-electron chi connectivity index (χ3n) is 2.69. The van der Waals surface area contributed by atoms with Gasteiger partial charge in [0.2, 0.25) is 0 Å². The van der Waals surface area contributed by atoms with Crippen LogP contribution in [0.1, 0.15) is 16.1 Å². The number of hydrogen-bond donors (Lipinski definition) is 2. The monoisotopic (exact) mass is 244 g/mol. The predicted octanol–water partition coefficient (Wildman–Crippen LogP) is 1.39. The Kier molecular flexibility index (Phi) is 3.74. The van der Waals surface area contributed by atoms with Gasteiger partial charge < -0.3 is 10.6 Å². The highest BCUT2D eigenvalue weighted by Gasteiger charge is 2.11. The maximum atomic E-state index is 12.1. The second-order valence-corrected chi connectivity index (χ2v) is 3.98. The lowest BCUT2D eigenvalue weighted by molar-refractivity contribution is 0.101. The summed E-state index contributed by atoms with van der Waals surface area (Å²) < 4.78 is 1.55. The maximum absolute atomic E-state index is 12.1. The summed E-state index contributed by atoms with van der Waals surface area (Å²) in [5, 5.41) is 9.96. The summed E-state index contributed by atoms with van der Waals surface area (Å²) in [4.78, 5) is 12.1. The van der Waals surface area contributed by atoms with Crippen LogP contribution < -0.4 is 10.6 Å². The molecule has 0 radical (unpaired) electrons. The number of anilines is 1. The molecule has 1 aromatic heterocycles. The molecule has 0 saturated carbocycles. The van der Waals surface area contributed by atoms with Crippen LogP contribution in [0.3, 0.4) is 0 Å². The quantitative estimate of drug-likeness (QED) is 0.854. The van der Waals surface area contributed by atoms with E-state index in [2.05, 4.69) is 15.7 Å². The molecule has 0 bridgehead atoms. The van der Waals surface area contributed by atoms with Gasteiger partial charge in [-0.05, 0) is 24.7 Å². The molecule has 0 aliphatic rings. The molecule has 0 fully saturated rings. The largest absolute Gasteiger partial charge is 0.320 e. The second kappa shape index (κ2) is 5.46. The SMILES string of the molecule is CNCc1ccccc1NC(=O)c1ccnn1C. The zero-order chi connectivity index (χ0) is 13.0. The van der Waals surface area contributed by atoms with E-state index >= 15 is 0 Å². The molecule has 2 rings (SSSR count). The lowest BCUT2D eigenvalue weighted by atomic mass is 10.1. The lowest BCUT2D eigenvalue weighted by Crippen LogP contribution is -2.18. The summed E-state index contributed by atoms with van der Waals surface area (Å²) in [6.45, 7) is 0.710. The number of amides is 1. The number of benzene rings is 1. The Morgan fingerprint density at radius 1 is 1.33 bits per heavy atom. The van der Waals surface area contributed by atoms with Crippen LogP contribution >= 0.6 is 0 Å². The van der Waals surface area contributed by atoms with Crippen LogP contribution in [0, 0.1) is 0 Å². The van der Waals surface area contributed by atoms with E-state index in [1.165, 1.54) is 0 Å². The first-order chi connectivity index (χ1) is 8.72. The Hall–Kier alpha value is -2.14. The van der Waals surface area contributed by atoms with Gasteiger partial charge >= 0.3 is 0 Å². The van der Waals surface area contributed by atoms with Crippen LogP contribution in [0.5, 0.6) is 0 Å². The summed E-state index contributed by atoms with van der Waals surface area (Å²) in [5.41, 5.74) is 2.41. The molecule has 0 saturated heterocycles. The standard InChI is InChI=1S/C13H16N4O/c1-14-9-10-5-3-4-6-11(10)16-13(18)12-7-8-15-17(12)2/h3-8,14H,9H2,1-2H3,(H,16,18). The number of aryl methyl sites for hydroxylation is 1. The molecule has 2 aromatic rings. The van der Waals surface area contributed by atoms with E-state index in [9.17, 15) is 4.79 Å². The van der Waals surface area contributed by atoms with Gasteiger partial charge in [-0.25, -0.2) is 0 Å². The molecule has 5 nitrogen and oxygen atoms in total. The molecule has 0 aliphatic heterocycles. The van der Waals surface area contributed by atoms with Crippen molar-refractivity contribution in [1.29, 1.82) is 0 Å². The van der Waals surface area contributed by atoms with Crippen LogP contribution in [-0.4, -0.2) is 22.7 Å². The Morgan fingerprint density at radius 2 is 2.11 bits per heavy atom. The molecule has 2 N–H and O–H groups in total. The summed E-state index contributed by atoms with van der Waals surface area (Å²) in [6.07, 6.45) is 1.61. The van der Waals surface area contributed by atoms with Crippen molar-refractivity contribution in [2.45, 2.75) is 6.54 Å². The minimum Gasteiger partial charge on any atom is -0.320 e. The first kappa shape index (κ1) is 12.3. The number of hydrogen-bond acceptors (Lipinski definition) is 3. The van der Waals surface area contributed by atoms with Gasteiger partial charge in [-0.1, -0.05) is 18.2 Å². The average molecular weight is 244 g/mol. The summed E-state index contributed by atoms with van der Waals surface area (Å²) in [5.74, 6) is -0.154. The fourth-order valence-corrected chi connectivity index (χ4v) is 1.77. The number of rotatable bonds is 4. The van der Waals surface area contributed by atoms with Gasteiger partial charge in [-0.3, -0.25) is 9.48 Å². The van der Waals surface area contributed by atoms with E-state index in [1.807, 2.05) is 31.3 Å². The van der Waals surface area contributed by atoms with Crippen LogP contribution in [0.4, 0.5) is 5.69 Å². The molecule has 1 aromatic carbocycles. The van der Waals surface area contributed by atoms with Gasteiger partial charge in [-0.15, -0.1) is 0 Å². The molecule has 18 heavy (non-hydrogen) atoms. The van der Waals surface area contributed by atoms with Crippen molar-refractivity contribution >= 4 is 11.6 Å². The van der Waals surface area contributed by atoms with Gasteiger partial charge in [0.05, 0.1) is 0 Å². The number of carbonyl (C=O) groups excluding carboxylic acids is 1. The number of carbonyl (C=O) groups is 1. The average Bonchev–Trinajstić information content (AvgIpc) is 2.78. The summed E-state index contributed by atoms with van der Waals surface area (Å²) >= 11 is 0. The fraction of sp³-hybridized carbons (Fsp3) is 0.231. The topological polar surface area (TPSA) is 58.9 Å². The van der Waals surface area contributed by atoms with Gasteiger partial charge in [-0.2, -0.15) is 5.10 Å². The summed E-state index contributed by atoms with van der Waals surface area (Å²) in [7, 11) is 3.62. The van der Waals surface area contributed by atoms with Crippen molar-refractivity contribution in [2.75, 3.05) is 12.4 Å². The zero-order valence-electron chi connectivity index (χ0n) is 10.5. The first-order valence-corrected chi connectivity index (χ1v) is 5.74. The minimum atomic E-state index is -0.154. The Labute approximate surface area is 106 Å². The van der Waals surface area contributed by atoms with Crippen molar-refractivity contribution < 1.29 is 4.79 Å². The molecule has 0 spiro atoms. The number of para-hydroxylation sites is 1. The Morgan fingerprint density at radius 3 is 2.78 bits per heavy atom. The first-order valence-electron chi connectivity index (χ1n) is 5.74. The van der Waals surface area contributed by atoms with Gasteiger partial charge in [0, 0.05) is 25.5 Å². The van der Waals surface area contributed by atoms with Crippen molar-refractivity contribution in [3.8, 4) is 0 Å². The van der Waals surface area contributed by atoms with Crippen LogP contribution in [0.2, 0.25) is 0 Å². The van der Waals surface area contributed by atoms with E-state index in [4.69, 9.17) is 0 Å². The number of nitrogens with zero attached hydrogens (tertiary/aromatic N) is 2. The molecule has 0 unspecified atom stereocenters. The van der Waals surface area contributed by atoms with E-state index < -0.39 is 0 Å². The van der Waals surface area contributed by atoms with Crippen LogP contribution in [0.25, 0.3) is 0 Å². The third kappa shape index (κ3) is 2.57. The molecule has 1 heterocycles. The molecule has 5 heteroatoms. The maximum Gasteiger partial charge on any atom is 0.273 e. The van der Waals surface area contributed by atoms with E-state index in [1.54, 1.807) is 24.0 Å². The molecule has 94 valence electrons. The zero-order valence-corrected chi connectivity index (χ0v) is 10.5. The summed E-state index contributed by atoms with van der Waals surface area (Å²) in [6, 6.07) is 9.41. The van der Waals surface area contributed by atoms with E-state index in [0.29, 0.717) is 12.2 Å². The highest BCUT2D eigenvalue weighted by molar-refractivity contribution is 6.03. The second-order valence-electron chi connectivity index (χ2n) is 3.98. The highest BCUT2D eigenvalue weighted by atomic mass is 16.2. The Balaban J connectivity index is 2.19. The smallest absolute Gasteiger partial charge is 0.273 e. The minimum absolute atomic E-state index is 0.154. The van der Waals surface area contributed by atoms with E-state index in [-0.39, 0.29) is 5.91 Å². The third-order valence-corrected chi connectivity index (χ3v) is 2.69. The molecular formula is C13H16N4O.